The molecule has 0 N–H and O–H groups in total. The van der Waals surface area contributed by atoms with Crippen molar-refractivity contribution in [2.45, 2.75) is 11.8 Å². The van der Waals surface area contributed by atoms with Crippen LogP contribution in [0.4, 0.5) is 4.39 Å². The Balaban J connectivity index is 2.24. The molecule has 0 bridgehead atoms. The summed E-state index contributed by atoms with van der Waals surface area (Å²) in [5, 5.41) is 0. The summed E-state index contributed by atoms with van der Waals surface area (Å²) in [6.07, 6.45) is 0. The van der Waals surface area contributed by atoms with Gasteiger partial charge in [0.1, 0.15) is 10.6 Å². The minimum Gasteiger partial charge on any atom is -0.494 e. The van der Waals surface area contributed by atoms with Gasteiger partial charge in [0, 0.05) is 0 Å². The maximum Gasteiger partial charge on any atom is 0.339 e. The molecule has 0 aliphatic carbocycles. The molecule has 2 aromatic carbocycles. The molecular weight excluding hydrogens is 283 g/mol. The summed E-state index contributed by atoms with van der Waals surface area (Å²) in [6.45, 7) is 2.31. The van der Waals surface area contributed by atoms with Crippen molar-refractivity contribution < 1.29 is 21.7 Å². The van der Waals surface area contributed by atoms with Crippen LogP contribution in [0.1, 0.15) is 6.92 Å². The fourth-order valence-electron chi connectivity index (χ4n) is 1.55. The summed E-state index contributed by atoms with van der Waals surface area (Å²) >= 11 is 0. The van der Waals surface area contributed by atoms with Crippen LogP contribution in [0, 0.1) is 5.82 Å². The SMILES string of the molecule is CCOc1ccc(S(=O)(=O)Oc2ccccc2F)cc1. The van der Waals surface area contributed by atoms with Gasteiger partial charge in [0.15, 0.2) is 11.6 Å². The first-order valence-electron chi connectivity index (χ1n) is 5.95. The molecule has 2 aromatic rings. The van der Waals surface area contributed by atoms with Crippen LogP contribution in [0.25, 0.3) is 0 Å². The lowest BCUT2D eigenvalue weighted by Crippen LogP contribution is -2.10. The summed E-state index contributed by atoms with van der Waals surface area (Å²) in [6, 6.07) is 11.0. The molecule has 0 spiro atoms. The van der Waals surface area contributed by atoms with E-state index in [0.717, 1.165) is 6.07 Å². The largest absolute Gasteiger partial charge is 0.494 e. The zero-order chi connectivity index (χ0) is 14.6. The van der Waals surface area contributed by atoms with E-state index in [1.165, 1.54) is 42.5 Å². The van der Waals surface area contributed by atoms with Gasteiger partial charge in [-0.2, -0.15) is 8.42 Å². The third-order valence-electron chi connectivity index (χ3n) is 2.46. The van der Waals surface area contributed by atoms with Crippen LogP contribution in [-0.4, -0.2) is 15.0 Å². The summed E-state index contributed by atoms with van der Waals surface area (Å²) in [7, 11) is -4.06. The van der Waals surface area contributed by atoms with E-state index in [1.54, 1.807) is 0 Å². The number of para-hydroxylation sites is 1. The van der Waals surface area contributed by atoms with Crippen molar-refractivity contribution in [2.75, 3.05) is 6.61 Å². The van der Waals surface area contributed by atoms with Gasteiger partial charge in [-0.15, -0.1) is 0 Å². The zero-order valence-corrected chi connectivity index (χ0v) is 11.6. The first-order chi connectivity index (χ1) is 9.53. The smallest absolute Gasteiger partial charge is 0.339 e. The van der Waals surface area contributed by atoms with Gasteiger partial charge < -0.3 is 8.92 Å². The second-order valence-corrected chi connectivity index (χ2v) is 5.42. The van der Waals surface area contributed by atoms with Crippen LogP contribution in [0.5, 0.6) is 11.5 Å². The molecule has 106 valence electrons. The van der Waals surface area contributed by atoms with Crippen molar-refractivity contribution in [1.29, 1.82) is 0 Å². The van der Waals surface area contributed by atoms with Gasteiger partial charge in [0.25, 0.3) is 0 Å². The predicted octanol–water partition coefficient (Wildman–Crippen LogP) is 2.99. The highest BCUT2D eigenvalue weighted by Gasteiger charge is 2.18. The summed E-state index contributed by atoms with van der Waals surface area (Å²) in [5.74, 6) is -0.513. The number of halogens is 1. The second kappa shape index (κ2) is 5.92. The van der Waals surface area contributed by atoms with E-state index in [9.17, 15) is 12.8 Å². The van der Waals surface area contributed by atoms with Crippen LogP contribution in [-0.2, 0) is 10.1 Å². The molecule has 20 heavy (non-hydrogen) atoms. The predicted molar refractivity (Wildman–Crippen MR) is 71.8 cm³/mol. The van der Waals surface area contributed by atoms with E-state index in [0.29, 0.717) is 12.4 Å². The fraction of sp³-hybridized carbons (Fsp3) is 0.143. The average Bonchev–Trinajstić information content (AvgIpc) is 2.42. The first kappa shape index (κ1) is 14.3. The Morgan fingerprint density at radius 1 is 1.05 bits per heavy atom. The minimum atomic E-state index is -4.06. The molecule has 0 aliphatic heterocycles. The van der Waals surface area contributed by atoms with Crippen LogP contribution in [0.3, 0.4) is 0 Å². The molecule has 0 atom stereocenters. The maximum absolute atomic E-state index is 13.4. The van der Waals surface area contributed by atoms with Gasteiger partial charge in [-0.1, -0.05) is 12.1 Å². The van der Waals surface area contributed by atoms with Gasteiger partial charge in [-0.25, -0.2) is 4.39 Å². The van der Waals surface area contributed by atoms with Crippen molar-refractivity contribution in [3.05, 3.63) is 54.3 Å². The van der Waals surface area contributed by atoms with E-state index in [4.69, 9.17) is 8.92 Å². The van der Waals surface area contributed by atoms with E-state index in [2.05, 4.69) is 0 Å². The van der Waals surface area contributed by atoms with Crippen LogP contribution in [0.15, 0.2) is 53.4 Å². The first-order valence-corrected chi connectivity index (χ1v) is 7.35. The van der Waals surface area contributed by atoms with Crippen LogP contribution >= 0.6 is 0 Å². The number of rotatable bonds is 5. The lowest BCUT2D eigenvalue weighted by atomic mass is 10.3. The maximum atomic E-state index is 13.4. The van der Waals surface area contributed by atoms with Gasteiger partial charge in [0.05, 0.1) is 6.61 Å². The fourth-order valence-corrected chi connectivity index (χ4v) is 2.49. The highest BCUT2D eigenvalue weighted by Crippen LogP contribution is 2.23. The van der Waals surface area contributed by atoms with Crippen molar-refractivity contribution in [1.82, 2.24) is 0 Å². The molecule has 0 fully saturated rings. The van der Waals surface area contributed by atoms with Crippen molar-refractivity contribution in [2.24, 2.45) is 0 Å². The highest BCUT2D eigenvalue weighted by molar-refractivity contribution is 7.87. The van der Waals surface area contributed by atoms with Gasteiger partial charge in [-0.3, -0.25) is 0 Å². The van der Waals surface area contributed by atoms with Gasteiger partial charge in [0.2, 0.25) is 0 Å². The summed E-state index contributed by atoms with van der Waals surface area (Å²) < 4.78 is 47.4. The van der Waals surface area contributed by atoms with Crippen molar-refractivity contribution in [3.8, 4) is 11.5 Å². The molecule has 0 aromatic heterocycles. The molecule has 6 heteroatoms. The molecule has 0 amide bonds. The summed E-state index contributed by atoms with van der Waals surface area (Å²) in [4.78, 5) is -0.0655. The Kier molecular flexibility index (Phi) is 4.24. The monoisotopic (exact) mass is 296 g/mol. The lowest BCUT2D eigenvalue weighted by molar-refractivity contribution is 0.340. The highest BCUT2D eigenvalue weighted by atomic mass is 32.2. The van der Waals surface area contributed by atoms with Crippen molar-refractivity contribution in [3.63, 3.8) is 0 Å². The van der Waals surface area contributed by atoms with E-state index in [1.807, 2.05) is 6.92 Å². The topological polar surface area (TPSA) is 52.6 Å². The quantitative estimate of drug-likeness (QED) is 0.796. The number of benzene rings is 2. The van der Waals surface area contributed by atoms with E-state index < -0.39 is 15.9 Å². The van der Waals surface area contributed by atoms with E-state index >= 15 is 0 Å². The standard InChI is InChI=1S/C14H13FO4S/c1-2-18-11-7-9-12(10-8-11)20(16,17)19-14-6-4-3-5-13(14)15/h3-10H,2H2,1H3. The molecule has 4 nitrogen and oxygen atoms in total. The molecule has 0 aliphatic rings. The third kappa shape index (κ3) is 3.27. The molecule has 0 saturated heterocycles. The van der Waals surface area contributed by atoms with Gasteiger partial charge >= 0.3 is 10.1 Å². The number of hydrogen-bond donors (Lipinski definition) is 0. The van der Waals surface area contributed by atoms with Gasteiger partial charge in [-0.05, 0) is 43.3 Å². The minimum absolute atomic E-state index is 0.0655. The third-order valence-corrected chi connectivity index (χ3v) is 3.71. The Bertz CT molecular complexity index is 681. The number of ether oxygens (including phenoxy) is 1. The Morgan fingerprint density at radius 3 is 2.30 bits per heavy atom. The molecule has 0 heterocycles. The number of hydrogen-bond acceptors (Lipinski definition) is 4. The molecule has 0 saturated carbocycles. The van der Waals surface area contributed by atoms with Crippen molar-refractivity contribution >= 4 is 10.1 Å². The molecule has 0 radical (unpaired) electrons. The zero-order valence-electron chi connectivity index (χ0n) is 10.7. The van der Waals surface area contributed by atoms with Crippen LogP contribution in [0.2, 0.25) is 0 Å². The second-order valence-electron chi connectivity index (χ2n) is 3.87. The normalized spacial score (nSPS) is 11.1. The average molecular weight is 296 g/mol. The Hall–Kier alpha value is -2.08. The Morgan fingerprint density at radius 2 is 1.70 bits per heavy atom. The molecular formula is C14H13FO4S. The molecule has 0 unspecified atom stereocenters. The van der Waals surface area contributed by atoms with Crippen LogP contribution < -0.4 is 8.92 Å². The lowest BCUT2D eigenvalue weighted by Gasteiger charge is -2.08. The van der Waals surface area contributed by atoms with E-state index in [-0.39, 0.29) is 10.6 Å². The Labute approximate surface area is 116 Å². The summed E-state index contributed by atoms with van der Waals surface area (Å²) in [5.41, 5.74) is 0. The molecule has 2 rings (SSSR count).